The van der Waals surface area contributed by atoms with E-state index in [0.29, 0.717) is 18.9 Å². The molecule has 37 heavy (non-hydrogen) atoms. The van der Waals surface area contributed by atoms with Crippen molar-refractivity contribution in [3.05, 3.63) is 84.2 Å². The minimum absolute atomic E-state index is 0.103. The van der Waals surface area contributed by atoms with Crippen molar-refractivity contribution < 1.29 is 17.9 Å². The van der Waals surface area contributed by atoms with Gasteiger partial charge in [-0.1, -0.05) is 35.9 Å². The second-order valence-corrected chi connectivity index (χ2v) is 10.8. The molecule has 192 valence electrons. The molecule has 4 aromatic rings. The van der Waals surface area contributed by atoms with Crippen LogP contribution in [0.5, 0.6) is 0 Å². The Bertz CT molecular complexity index is 1480. The number of para-hydroxylation sites is 1. The Morgan fingerprint density at radius 1 is 1.08 bits per heavy atom. The SMILES string of the molecule is Cc1ccc(S(=O)(=O)N[C@@H](Cc2c[nH]c3ccccc23)C(=O)Nc2ccc(N3CCOCC3)nc2)cc1. The number of fused-ring (bicyclic) bond motifs is 1. The van der Waals surface area contributed by atoms with Crippen molar-refractivity contribution in [3.8, 4) is 0 Å². The summed E-state index contributed by atoms with van der Waals surface area (Å²) in [4.78, 5) is 23.3. The maximum absolute atomic E-state index is 13.4. The van der Waals surface area contributed by atoms with Gasteiger partial charge in [0.05, 0.1) is 30.0 Å². The smallest absolute Gasteiger partial charge is 0.242 e. The summed E-state index contributed by atoms with van der Waals surface area (Å²) in [6.07, 6.45) is 3.56. The number of H-pyrrole nitrogens is 1. The Morgan fingerprint density at radius 2 is 1.84 bits per heavy atom. The van der Waals surface area contributed by atoms with Gasteiger partial charge in [-0.25, -0.2) is 13.4 Å². The second kappa shape index (κ2) is 10.7. The normalized spacial score (nSPS) is 15.0. The molecule has 9 nitrogen and oxygen atoms in total. The fourth-order valence-electron chi connectivity index (χ4n) is 4.35. The van der Waals surface area contributed by atoms with Gasteiger partial charge in [0.1, 0.15) is 11.9 Å². The number of nitrogens with one attached hydrogen (secondary N) is 3. The first-order chi connectivity index (χ1) is 17.9. The lowest BCUT2D eigenvalue weighted by molar-refractivity contribution is -0.117. The Balaban J connectivity index is 1.38. The third kappa shape index (κ3) is 5.82. The van der Waals surface area contributed by atoms with Gasteiger partial charge >= 0.3 is 0 Å². The van der Waals surface area contributed by atoms with Crippen molar-refractivity contribution in [2.75, 3.05) is 36.5 Å². The van der Waals surface area contributed by atoms with E-state index in [1.165, 1.54) is 12.1 Å². The summed E-state index contributed by atoms with van der Waals surface area (Å²) in [6.45, 7) is 4.70. The van der Waals surface area contributed by atoms with Crippen LogP contribution in [0.2, 0.25) is 0 Å². The number of aryl methyl sites for hydroxylation is 1. The summed E-state index contributed by atoms with van der Waals surface area (Å²) >= 11 is 0. The maximum atomic E-state index is 13.4. The summed E-state index contributed by atoms with van der Waals surface area (Å²) in [5.41, 5.74) is 3.18. The van der Waals surface area contributed by atoms with Gasteiger partial charge in [-0.3, -0.25) is 4.79 Å². The number of nitrogens with zero attached hydrogens (tertiary/aromatic N) is 2. The summed E-state index contributed by atoms with van der Waals surface area (Å²) in [5.74, 6) is 0.332. The molecule has 0 bridgehead atoms. The maximum Gasteiger partial charge on any atom is 0.242 e. The molecular formula is C27H29N5O4S. The monoisotopic (exact) mass is 519 g/mol. The van der Waals surface area contributed by atoms with Crippen molar-refractivity contribution >= 4 is 38.3 Å². The van der Waals surface area contributed by atoms with Crippen LogP contribution in [0.4, 0.5) is 11.5 Å². The fourth-order valence-corrected chi connectivity index (χ4v) is 5.55. The van der Waals surface area contributed by atoms with Crippen LogP contribution < -0.4 is 14.9 Å². The molecule has 2 aromatic carbocycles. The molecule has 1 aliphatic heterocycles. The minimum atomic E-state index is -3.95. The number of pyridine rings is 1. The van der Waals surface area contributed by atoms with Crippen molar-refractivity contribution in [1.82, 2.24) is 14.7 Å². The number of ether oxygens (including phenoxy) is 1. The van der Waals surface area contributed by atoms with Crippen LogP contribution in [0.15, 0.2) is 78.0 Å². The van der Waals surface area contributed by atoms with E-state index in [0.717, 1.165) is 40.9 Å². The lowest BCUT2D eigenvalue weighted by Gasteiger charge is -2.27. The third-order valence-corrected chi connectivity index (χ3v) is 7.88. The molecule has 1 saturated heterocycles. The number of morpholine rings is 1. The minimum Gasteiger partial charge on any atom is -0.378 e. The van der Waals surface area contributed by atoms with Gasteiger partial charge in [0.25, 0.3) is 0 Å². The number of carbonyl (C=O) groups is 1. The highest BCUT2D eigenvalue weighted by atomic mass is 32.2. The predicted molar refractivity (Wildman–Crippen MR) is 143 cm³/mol. The van der Waals surface area contributed by atoms with Gasteiger partial charge in [0.2, 0.25) is 15.9 Å². The lowest BCUT2D eigenvalue weighted by atomic mass is 10.1. The third-order valence-electron chi connectivity index (χ3n) is 6.39. The molecule has 1 atom stereocenters. The molecule has 1 aliphatic rings. The number of aromatic amines is 1. The van der Waals surface area contributed by atoms with E-state index in [-0.39, 0.29) is 11.3 Å². The van der Waals surface area contributed by atoms with Crippen LogP contribution in [0.3, 0.4) is 0 Å². The van der Waals surface area contributed by atoms with Crippen LogP contribution in [-0.2, 0) is 26.0 Å². The standard InChI is InChI=1S/C27H29N5O4S/c1-19-6-9-22(10-7-19)37(34,35)31-25(16-20-17-28-24-5-3-2-4-23(20)24)27(33)30-21-8-11-26(29-18-21)32-12-14-36-15-13-32/h2-11,17-18,25,28,31H,12-16H2,1H3,(H,30,33)/t25-/m0/s1. The first kappa shape index (κ1) is 24.9. The lowest BCUT2D eigenvalue weighted by Crippen LogP contribution is -2.45. The highest BCUT2D eigenvalue weighted by Gasteiger charge is 2.27. The largest absolute Gasteiger partial charge is 0.378 e. The number of hydrogen-bond acceptors (Lipinski definition) is 6. The van der Waals surface area contributed by atoms with Crippen LogP contribution in [0.25, 0.3) is 10.9 Å². The first-order valence-electron chi connectivity index (χ1n) is 12.1. The fraction of sp³-hybridized carbons (Fsp3) is 0.259. The van der Waals surface area contributed by atoms with Gasteiger partial charge in [-0.2, -0.15) is 4.72 Å². The number of amides is 1. The first-order valence-corrected chi connectivity index (χ1v) is 13.6. The van der Waals surface area contributed by atoms with E-state index >= 15 is 0 Å². The number of hydrogen-bond donors (Lipinski definition) is 3. The summed E-state index contributed by atoms with van der Waals surface area (Å²) in [6, 6.07) is 16.8. The number of anilines is 2. The molecule has 0 spiro atoms. The van der Waals surface area contributed by atoms with Gasteiger partial charge in [0, 0.05) is 30.2 Å². The van der Waals surface area contributed by atoms with Crippen LogP contribution in [0, 0.1) is 6.92 Å². The van der Waals surface area contributed by atoms with Crippen LogP contribution >= 0.6 is 0 Å². The zero-order valence-corrected chi connectivity index (χ0v) is 21.3. The average Bonchev–Trinajstić information content (AvgIpc) is 3.32. The number of rotatable bonds is 8. The number of benzene rings is 2. The van der Waals surface area contributed by atoms with Crippen molar-refractivity contribution in [1.29, 1.82) is 0 Å². The van der Waals surface area contributed by atoms with E-state index in [9.17, 15) is 13.2 Å². The highest BCUT2D eigenvalue weighted by Crippen LogP contribution is 2.21. The van der Waals surface area contributed by atoms with Crippen molar-refractivity contribution in [3.63, 3.8) is 0 Å². The van der Waals surface area contributed by atoms with E-state index < -0.39 is 22.0 Å². The average molecular weight is 520 g/mol. The summed E-state index contributed by atoms with van der Waals surface area (Å²) < 4.78 is 34.4. The molecule has 0 saturated carbocycles. The number of aromatic nitrogens is 2. The molecule has 5 rings (SSSR count). The van der Waals surface area contributed by atoms with Crippen LogP contribution in [-0.4, -0.2) is 56.6 Å². The molecule has 1 fully saturated rings. The van der Waals surface area contributed by atoms with Crippen LogP contribution in [0.1, 0.15) is 11.1 Å². The Morgan fingerprint density at radius 3 is 2.57 bits per heavy atom. The van der Waals surface area contributed by atoms with E-state index in [1.54, 1.807) is 24.4 Å². The zero-order valence-electron chi connectivity index (χ0n) is 20.5. The molecule has 0 aliphatic carbocycles. The summed E-state index contributed by atoms with van der Waals surface area (Å²) in [7, 11) is -3.95. The van der Waals surface area contributed by atoms with Gasteiger partial charge < -0.3 is 19.9 Å². The van der Waals surface area contributed by atoms with E-state index in [4.69, 9.17) is 4.74 Å². The Kier molecular flexibility index (Phi) is 7.22. The quantitative estimate of drug-likeness (QED) is 0.329. The molecule has 3 heterocycles. The molecule has 10 heteroatoms. The molecular weight excluding hydrogens is 490 g/mol. The Hall–Kier alpha value is -3.73. The molecule has 0 unspecified atom stereocenters. The van der Waals surface area contributed by atoms with Gasteiger partial charge in [-0.15, -0.1) is 0 Å². The molecule has 1 amide bonds. The predicted octanol–water partition coefficient (Wildman–Crippen LogP) is 3.24. The van der Waals surface area contributed by atoms with E-state index in [1.807, 2.05) is 43.5 Å². The summed E-state index contributed by atoms with van der Waals surface area (Å²) in [5, 5.41) is 3.77. The topological polar surface area (TPSA) is 116 Å². The number of sulfonamides is 1. The second-order valence-electron chi connectivity index (χ2n) is 9.04. The van der Waals surface area contributed by atoms with E-state index in [2.05, 4.69) is 24.9 Å². The van der Waals surface area contributed by atoms with Crippen molar-refractivity contribution in [2.45, 2.75) is 24.3 Å². The number of carbonyl (C=O) groups excluding carboxylic acids is 1. The molecule has 3 N–H and O–H groups in total. The van der Waals surface area contributed by atoms with Gasteiger partial charge in [0.15, 0.2) is 0 Å². The zero-order chi connectivity index (χ0) is 25.8. The highest BCUT2D eigenvalue weighted by molar-refractivity contribution is 7.89. The molecule has 0 radical (unpaired) electrons. The van der Waals surface area contributed by atoms with Crippen molar-refractivity contribution in [2.24, 2.45) is 0 Å². The Labute approximate surface area is 215 Å². The molecule has 2 aromatic heterocycles. The van der Waals surface area contributed by atoms with Gasteiger partial charge in [-0.05, 0) is 49.2 Å².